The van der Waals surface area contributed by atoms with Crippen LogP contribution in [0.25, 0.3) is 0 Å². The summed E-state index contributed by atoms with van der Waals surface area (Å²) >= 11 is 5.98. The Labute approximate surface area is 208 Å². The molecule has 1 saturated heterocycles. The molecule has 3 heterocycles. The SMILES string of the molecule is COc1cccc(CC(=O)N2CCN(C(=O)c3nnn4c3COC(c3ccc(Cl)cc3)C4)CC2)c1. The van der Waals surface area contributed by atoms with Crippen LogP contribution in [0.3, 0.4) is 0 Å². The minimum Gasteiger partial charge on any atom is -0.497 e. The number of carbonyl (C=O) groups is 2. The summed E-state index contributed by atoms with van der Waals surface area (Å²) in [5, 5.41) is 9.05. The van der Waals surface area contributed by atoms with Gasteiger partial charge in [0.25, 0.3) is 5.91 Å². The van der Waals surface area contributed by atoms with E-state index in [1.54, 1.807) is 21.6 Å². The zero-order chi connectivity index (χ0) is 24.4. The summed E-state index contributed by atoms with van der Waals surface area (Å²) in [4.78, 5) is 29.5. The number of amides is 2. The van der Waals surface area contributed by atoms with Crippen LogP contribution in [0.5, 0.6) is 5.75 Å². The van der Waals surface area contributed by atoms with Gasteiger partial charge in [0.1, 0.15) is 11.9 Å². The maximum atomic E-state index is 13.2. The van der Waals surface area contributed by atoms with Crippen molar-refractivity contribution >= 4 is 23.4 Å². The summed E-state index contributed by atoms with van der Waals surface area (Å²) in [6.07, 6.45) is 0.124. The highest BCUT2D eigenvalue weighted by atomic mass is 35.5. The first-order valence-corrected chi connectivity index (χ1v) is 11.9. The topological polar surface area (TPSA) is 89.8 Å². The van der Waals surface area contributed by atoms with Gasteiger partial charge >= 0.3 is 0 Å². The van der Waals surface area contributed by atoms with Crippen LogP contribution >= 0.6 is 11.6 Å². The van der Waals surface area contributed by atoms with Gasteiger partial charge in [-0.3, -0.25) is 9.59 Å². The largest absolute Gasteiger partial charge is 0.497 e. The summed E-state index contributed by atoms with van der Waals surface area (Å²) in [7, 11) is 1.61. The van der Waals surface area contributed by atoms with E-state index < -0.39 is 0 Å². The van der Waals surface area contributed by atoms with Crippen LogP contribution in [0.1, 0.15) is 33.4 Å². The van der Waals surface area contributed by atoms with Crippen molar-refractivity contribution in [3.8, 4) is 5.75 Å². The third-order valence-electron chi connectivity index (χ3n) is 6.45. The number of hydrogen-bond acceptors (Lipinski definition) is 6. The van der Waals surface area contributed by atoms with Gasteiger partial charge in [0.2, 0.25) is 5.91 Å². The number of halogens is 1. The smallest absolute Gasteiger partial charge is 0.276 e. The third-order valence-corrected chi connectivity index (χ3v) is 6.70. The fourth-order valence-electron chi connectivity index (χ4n) is 4.43. The third kappa shape index (κ3) is 5.01. The van der Waals surface area contributed by atoms with Crippen molar-refractivity contribution in [1.29, 1.82) is 0 Å². The van der Waals surface area contributed by atoms with Crippen LogP contribution in [0.4, 0.5) is 0 Å². The summed E-state index contributed by atoms with van der Waals surface area (Å²) in [6.45, 7) is 2.58. The first kappa shape index (κ1) is 23.3. The number of aromatic nitrogens is 3. The average molecular weight is 496 g/mol. The Hall–Kier alpha value is -3.43. The summed E-state index contributed by atoms with van der Waals surface area (Å²) in [5.74, 6) is 0.582. The lowest BCUT2D eigenvalue weighted by atomic mass is 10.1. The van der Waals surface area contributed by atoms with Crippen molar-refractivity contribution in [2.45, 2.75) is 25.7 Å². The maximum absolute atomic E-state index is 13.2. The molecule has 0 aliphatic carbocycles. The second-order valence-corrected chi connectivity index (χ2v) is 9.06. The highest BCUT2D eigenvalue weighted by Gasteiger charge is 2.32. The molecule has 10 heteroatoms. The standard InChI is InChI=1S/C25H26ClN5O4/c1-34-20-4-2-3-17(13-20)14-23(32)29-9-11-30(12-10-29)25(33)24-21-16-35-22(15-31(21)28-27-24)18-5-7-19(26)8-6-18/h2-8,13,22H,9-12,14-16H2,1H3. The van der Waals surface area contributed by atoms with Crippen molar-refractivity contribution in [2.75, 3.05) is 33.3 Å². The van der Waals surface area contributed by atoms with Crippen molar-refractivity contribution in [3.63, 3.8) is 0 Å². The Balaban J connectivity index is 1.18. The number of nitrogens with zero attached hydrogens (tertiary/aromatic N) is 5. The van der Waals surface area contributed by atoms with E-state index in [0.717, 1.165) is 16.9 Å². The van der Waals surface area contributed by atoms with Crippen LogP contribution in [0.15, 0.2) is 48.5 Å². The molecule has 0 saturated carbocycles. The van der Waals surface area contributed by atoms with Gasteiger partial charge in [-0.25, -0.2) is 4.68 Å². The minimum absolute atomic E-state index is 0.0352. The minimum atomic E-state index is -0.181. The molecule has 2 aliphatic heterocycles. The lowest BCUT2D eigenvalue weighted by Gasteiger charge is -2.34. The van der Waals surface area contributed by atoms with E-state index in [1.165, 1.54) is 0 Å². The number of piperazine rings is 1. The molecule has 1 fully saturated rings. The van der Waals surface area contributed by atoms with Gasteiger partial charge in [0.05, 0.1) is 32.4 Å². The molecule has 2 aliphatic rings. The molecule has 5 rings (SSSR count). The van der Waals surface area contributed by atoms with E-state index in [-0.39, 0.29) is 24.5 Å². The lowest BCUT2D eigenvalue weighted by Crippen LogP contribution is -2.51. The first-order chi connectivity index (χ1) is 17.0. The Morgan fingerprint density at radius 2 is 1.83 bits per heavy atom. The number of rotatable bonds is 5. The zero-order valence-electron chi connectivity index (χ0n) is 19.4. The van der Waals surface area contributed by atoms with Gasteiger partial charge in [-0.15, -0.1) is 5.10 Å². The number of ether oxygens (including phenoxy) is 2. The van der Waals surface area contributed by atoms with Gasteiger partial charge < -0.3 is 19.3 Å². The van der Waals surface area contributed by atoms with Crippen LogP contribution in [0.2, 0.25) is 5.02 Å². The summed E-state index contributed by atoms with van der Waals surface area (Å²) in [6, 6.07) is 15.0. The van der Waals surface area contributed by atoms with Crippen molar-refractivity contribution in [1.82, 2.24) is 24.8 Å². The van der Waals surface area contributed by atoms with Crippen LogP contribution in [-0.4, -0.2) is 69.9 Å². The molecule has 2 aromatic carbocycles. The fourth-order valence-corrected chi connectivity index (χ4v) is 4.56. The molecular weight excluding hydrogens is 470 g/mol. The molecule has 9 nitrogen and oxygen atoms in total. The molecule has 0 bridgehead atoms. The highest BCUT2D eigenvalue weighted by molar-refractivity contribution is 6.30. The Kier molecular flexibility index (Phi) is 6.70. The lowest BCUT2D eigenvalue weighted by molar-refractivity contribution is -0.131. The molecule has 0 N–H and O–H groups in total. The van der Waals surface area contributed by atoms with Gasteiger partial charge in [-0.05, 0) is 35.4 Å². The normalized spacial score (nSPS) is 17.7. The number of methoxy groups -OCH3 is 1. The summed E-state index contributed by atoms with van der Waals surface area (Å²) in [5.41, 5.74) is 2.89. The number of benzene rings is 2. The molecule has 0 spiro atoms. The molecule has 3 aromatic rings. The Morgan fingerprint density at radius 1 is 1.09 bits per heavy atom. The second-order valence-electron chi connectivity index (χ2n) is 8.62. The van der Waals surface area contributed by atoms with Crippen LogP contribution in [-0.2, 0) is 29.1 Å². The molecule has 0 radical (unpaired) electrons. The van der Waals surface area contributed by atoms with Gasteiger partial charge in [-0.2, -0.15) is 0 Å². The molecule has 2 amide bonds. The highest BCUT2D eigenvalue weighted by Crippen LogP contribution is 2.28. The predicted molar refractivity (Wildman–Crippen MR) is 128 cm³/mol. The monoisotopic (exact) mass is 495 g/mol. The molecule has 182 valence electrons. The molecule has 35 heavy (non-hydrogen) atoms. The van der Waals surface area contributed by atoms with E-state index >= 15 is 0 Å². The van der Waals surface area contributed by atoms with E-state index in [4.69, 9.17) is 21.1 Å². The van der Waals surface area contributed by atoms with Crippen molar-refractivity contribution in [3.05, 3.63) is 76.1 Å². The van der Waals surface area contributed by atoms with Gasteiger partial charge in [0.15, 0.2) is 5.69 Å². The second kappa shape index (κ2) is 10.1. The van der Waals surface area contributed by atoms with Crippen LogP contribution < -0.4 is 4.74 Å². The molecule has 1 atom stereocenters. The Bertz CT molecular complexity index is 1220. The van der Waals surface area contributed by atoms with Gasteiger partial charge in [-0.1, -0.05) is 41.1 Å². The Morgan fingerprint density at radius 3 is 2.57 bits per heavy atom. The molecule has 1 unspecified atom stereocenters. The first-order valence-electron chi connectivity index (χ1n) is 11.5. The molecule has 1 aromatic heterocycles. The van der Waals surface area contributed by atoms with E-state index in [0.29, 0.717) is 55.6 Å². The van der Waals surface area contributed by atoms with E-state index in [2.05, 4.69) is 10.3 Å². The number of hydrogen-bond donors (Lipinski definition) is 0. The number of fused-ring (bicyclic) bond motifs is 1. The average Bonchev–Trinajstić information content (AvgIpc) is 3.32. The zero-order valence-corrected chi connectivity index (χ0v) is 20.1. The van der Waals surface area contributed by atoms with E-state index in [9.17, 15) is 9.59 Å². The fraction of sp³-hybridized carbons (Fsp3) is 0.360. The molecular formula is C25H26ClN5O4. The maximum Gasteiger partial charge on any atom is 0.276 e. The van der Waals surface area contributed by atoms with E-state index in [1.807, 2.05) is 48.5 Å². The van der Waals surface area contributed by atoms with Crippen molar-refractivity contribution < 1.29 is 19.1 Å². The van der Waals surface area contributed by atoms with Gasteiger partial charge in [0, 0.05) is 31.2 Å². The summed E-state index contributed by atoms with van der Waals surface area (Å²) < 4.78 is 13.0. The van der Waals surface area contributed by atoms with Crippen LogP contribution in [0, 0.1) is 0 Å². The van der Waals surface area contributed by atoms with Crippen molar-refractivity contribution in [2.24, 2.45) is 0 Å². The quantitative estimate of drug-likeness (QED) is 0.540. The predicted octanol–water partition coefficient (Wildman–Crippen LogP) is 2.74. The number of carbonyl (C=O) groups excluding carboxylic acids is 2.